The van der Waals surface area contributed by atoms with Gasteiger partial charge < -0.3 is 9.88 Å². The van der Waals surface area contributed by atoms with Gasteiger partial charge in [0.15, 0.2) is 5.16 Å². The van der Waals surface area contributed by atoms with E-state index >= 15 is 0 Å². The quantitative estimate of drug-likeness (QED) is 0.623. The molecule has 0 spiro atoms. The predicted molar refractivity (Wildman–Crippen MR) is 102 cm³/mol. The predicted octanol–water partition coefficient (Wildman–Crippen LogP) is 2.25. The number of hydrogen-bond acceptors (Lipinski definition) is 5. The second kappa shape index (κ2) is 7.80. The number of aromatic nitrogens is 3. The number of hydrogen-bond donors (Lipinski definition) is 1. The Bertz CT molecular complexity index is 749. The second-order valence-corrected chi connectivity index (χ2v) is 8.14. The van der Waals surface area contributed by atoms with Crippen molar-refractivity contribution in [2.45, 2.75) is 36.5 Å². The van der Waals surface area contributed by atoms with E-state index in [9.17, 15) is 4.79 Å². The molecule has 2 aromatic rings. The summed E-state index contributed by atoms with van der Waals surface area (Å²) in [6.07, 6.45) is 4.95. The Balaban J connectivity index is 1.33. The van der Waals surface area contributed by atoms with Gasteiger partial charge in [0.2, 0.25) is 5.91 Å². The molecular weight excluding hydrogens is 346 g/mol. The lowest BCUT2D eigenvalue weighted by molar-refractivity contribution is -0.125. The highest BCUT2D eigenvalue weighted by molar-refractivity contribution is 7.99. The van der Waals surface area contributed by atoms with Crippen LogP contribution in [0.4, 0.5) is 0 Å². The Morgan fingerprint density at radius 3 is 2.96 bits per heavy atom. The average Bonchev–Trinajstić information content (AvgIpc) is 3.36. The Hall–Kier alpha value is -1.86. The van der Waals surface area contributed by atoms with Crippen molar-refractivity contribution in [1.29, 1.82) is 0 Å². The Kier molecular flexibility index (Phi) is 5.26. The van der Waals surface area contributed by atoms with Gasteiger partial charge in [0.05, 0.1) is 5.92 Å². The summed E-state index contributed by atoms with van der Waals surface area (Å²) in [6, 6.07) is 11.4. The van der Waals surface area contributed by atoms with Gasteiger partial charge in [-0.25, -0.2) is 0 Å². The molecule has 0 radical (unpaired) electrons. The summed E-state index contributed by atoms with van der Waals surface area (Å²) in [4.78, 5) is 15.4. The summed E-state index contributed by atoms with van der Waals surface area (Å²) in [5, 5.41) is 12.0. The van der Waals surface area contributed by atoms with E-state index in [0.29, 0.717) is 18.6 Å². The van der Waals surface area contributed by atoms with Crippen LogP contribution in [0.5, 0.6) is 0 Å². The minimum atomic E-state index is 0.0996. The molecule has 2 saturated heterocycles. The van der Waals surface area contributed by atoms with Crippen LogP contribution < -0.4 is 5.32 Å². The van der Waals surface area contributed by atoms with Gasteiger partial charge in [-0.1, -0.05) is 42.1 Å². The first-order chi connectivity index (χ1) is 12.7. The molecule has 0 aliphatic carbocycles. The van der Waals surface area contributed by atoms with Crippen molar-refractivity contribution in [3.8, 4) is 0 Å². The molecule has 4 rings (SSSR count). The maximum atomic E-state index is 12.8. The van der Waals surface area contributed by atoms with Crippen LogP contribution in [0.1, 0.15) is 30.9 Å². The highest BCUT2D eigenvalue weighted by Gasteiger charge is 2.46. The van der Waals surface area contributed by atoms with Gasteiger partial charge >= 0.3 is 0 Å². The minimum Gasteiger partial charge on any atom is -0.355 e. The van der Waals surface area contributed by atoms with Crippen LogP contribution in [0.15, 0.2) is 41.8 Å². The molecule has 3 heterocycles. The summed E-state index contributed by atoms with van der Waals surface area (Å²) < 4.78 is 1.89. The van der Waals surface area contributed by atoms with Gasteiger partial charge in [0, 0.05) is 31.4 Å². The van der Waals surface area contributed by atoms with Gasteiger partial charge in [-0.05, 0) is 31.4 Å². The van der Waals surface area contributed by atoms with Crippen LogP contribution in [-0.2, 0) is 11.8 Å². The summed E-state index contributed by atoms with van der Waals surface area (Å²) in [5.41, 5.74) is 1.34. The Morgan fingerprint density at radius 2 is 2.19 bits per heavy atom. The summed E-state index contributed by atoms with van der Waals surface area (Å²) in [5.74, 6) is 1.11. The highest BCUT2D eigenvalue weighted by Crippen LogP contribution is 2.44. The minimum absolute atomic E-state index is 0.0996. The molecule has 0 unspecified atom stereocenters. The van der Waals surface area contributed by atoms with E-state index in [1.165, 1.54) is 12.0 Å². The Morgan fingerprint density at radius 1 is 1.35 bits per heavy atom. The number of amides is 1. The number of benzene rings is 1. The van der Waals surface area contributed by atoms with Crippen molar-refractivity contribution in [2.75, 3.05) is 18.8 Å². The third kappa shape index (κ3) is 3.50. The van der Waals surface area contributed by atoms with E-state index in [0.717, 1.165) is 30.3 Å². The van der Waals surface area contributed by atoms with Crippen molar-refractivity contribution >= 4 is 17.7 Å². The summed E-state index contributed by atoms with van der Waals surface area (Å²) in [7, 11) is 1.93. The maximum absolute atomic E-state index is 12.8. The first-order valence-electron chi connectivity index (χ1n) is 9.29. The zero-order chi connectivity index (χ0) is 17.9. The van der Waals surface area contributed by atoms with Gasteiger partial charge in [-0.15, -0.1) is 10.2 Å². The number of nitrogens with zero attached hydrogens (tertiary/aromatic N) is 4. The molecule has 2 fully saturated rings. The SMILES string of the molecule is Cn1cnnc1SCCNC(=O)[C@H]1C[C@@H](c2ccccc2)N2CCC[C@H]12. The number of carbonyl (C=O) groups is 1. The van der Waals surface area contributed by atoms with E-state index in [2.05, 4.69) is 50.7 Å². The molecule has 7 heteroatoms. The first-order valence-corrected chi connectivity index (χ1v) is 10.3. The zero-order valence-electron chi connectivity index (χ0n) is 15.0. The van der Waals surface area contributed by atoms with Crippen molar-refractivity contribution < 1.29 is 4.79 Å². The van der Waals surface area contributed by atoms with Crippen LogP contribution in [0.3, 0.4) is 0 Å². The second-order valence-electron chi connectivity index (χ2n) is 7.08. The first kappa shape index (κ1) is 17.5. The molecule has 2 aliphatic rings. The molecule has 138 valence electrons. The van der Waals surface area contributed by atoms with Gasteiger partial charge in [0.25, 0.3) is 0 Å². The smallest absolute Gasteiger partial charge is 0.224 e. The van der Waals surface area contributed by atoms with Gasteiger partial charge in [0.1, 0.15) is 6.33 Å². The van der Waals surface area contributed by atoms with Crippen molar-refractivity contribution in [3.05, 3.63) is 42.2 Å². The maximum Gasteiger partial charge on any atom is 0.224 e. The van der Waals surface area contributed by atoms with Crippen molar-refractivity contribution in [1.82, 2.24) is 25.0 Å². The fraction of sp³-hybridized carbons (Fsp3) is 0.526. The Labute approximate surface area is 158 Å². The molecule has 1 amide bonds. The standard InChI is InChI=1S/C19H25N5OS/c1-23-13-21-22-19(23)26-11-9-20-18(25)15-12-17(14-6-3-2-4-7-14)24-10-5-8-16(15)24/h2-4,6-7,13,15-17H,5,8-12H2,1H3,(H,20,25)/t15-,16+,17-/m0/s1. The van der Waals surface area contributed by atoms with Crippen LogP contribution in [-0.4, -0.2) is 50.5 Å². The number of thioether (sulfide) groups is 1. The molecule has 6 nitrogen and oxygen atoms in total. The summed E-state index contributed by atoms with van der Waals surface area (Å²) in [6.45, 7) is 1.77. The van der Waals surface area contributed by atoms with E-state index in [1.807, 2.05) is 11.6 Å². The normalized spacial score (nSPS) is 25.3. The lowest BCUT2D eigenvalue weighted by Crippen LogP contribution is -2.38. The van der Waals surface area contributed by atoms with Crippen LogP contribution in [0, 0.1) is 5.92 Å². The molecule has 1 N–H and O–H groups in total. The zero-order valence-corrected chi connectivity index (χ0v) is 15.9. The van der Waals surface area contributed by atoms with Crippen LogP contribution in [0.25, 0.3) is 0 Å². The molecular formula is C19H25N5OS. The van der Waals surface area contributed by atoms with Crippen LogP contribution >= 0.6 is 11.8 Å². The lowest BCUT2D eigenvalue weighted by Gasteiger charge is -2.24. The number of rotatable bonds is 6. The molecule has 3 atom stereocenters. The fourth-order valence-electron chi connectivity index (χ4n) is 4.30. The van der Waals surface area contributed by atoms with Crippen molar-refractivity contribution in [3.63, 3.8) is 0 Å². The highest BCUT2D eigenvalue weighted by atomic mass is 32.2. The summed E-state index contributed by atoms with van der Waals surface area (Å²) >= 11 is 1.62. The number of fused-ring (bicyclic) bond motifs is 1. The number of aryl methyl sites for hydroxylation is 1. The molecule has 0 bridgehead atoms. The molecule has 1 aromatic carbocycles. The van der Waals surface area contributed by atoms with Gasteiger partial charge in [-0.3, -0.25) is 9.69 Å². The fourth-order valence-corrected chi connectivity index (χ4v) is 5.04. The van der Waals surface area contributed by atoms with E-state index in [-0.39, 0.29) is 11.8 Å². The van der Waals surface area contributed by atoms with E-state index in [4.69, 9.17) is 0 Å². The average molecular weight is 372 g/mol. The van der Waals surface area contributed by atoms with E-state index in [1.54, 1.807) is 18.1 Å². The molecule has 26 heavy (non-hydrogen) atoms. The monoisotopic (exact) mass is 371 g/mol. The number of nitrogens with one attached hydrogen (secondary N) is 1. The third-order valence-corrected chi connectivity index (χ3v) is 6.54. The van der Waals surface area contributed by atoms with Crippen LogP contribution in [0.2, 0.25) is 0 Å². The van der Waals surface area contributed by atoms with E-state index < -0.39 is 0 Å². The molecule has 2 aliphatic heterocycles. The van der Waals surface area contributed by atoms with Gasteiger partial charge in [-0.2, -0.15) is 0 Å². The molecule has 0 saturated carbocycles. The molecule has 1 aromatic heterocycles. The largest absolute Gasteiger partial charge is 0.355 e. The third-order valence-electron chi connectivity index (χ3n) is 5.51. The number of carbonyl (C=O) groups excluding carboxylic acids is 1. The topological polar surface area (TPSA) is 63.1 Å². The lowest BCUT2D eigenvalue weighted by atomic mass is 9.93. The van der Waals surface area contributed by atoms with Crippen molar-refractivity contribution in [2.24, 2.45) is 13.0 Å².